The first-order valence-electron chi connectivity index (χ1n) is 4.62. The molecule has 2 nitrogen and oxygen atoms in total. The molecule has 12 heavy (non-hydrogen) atoms. The summed E-state index contributed by atoms with van der Waals surface area (Å²) in [5, 5.41) is 0. The van der Waals surface area contributed by atoms with Crippen LogP contribution in [0.4, 0.5) is 0 Å². The number of hydrogen-bond donors (Lipinski definition) is 1. The Hall–Kier alpha value is -0.760. The van der Waals surface area contributed by atoms with E-state index in [0.717, 1.165) is 18.6 Å². The van der Waals surface area contributed by atoms with Gasteiger partial charge in [0.05, 0.1) is 12.4 Å². The summed E-state index contributed by atoms with van der Waals surface area (Å²) in [7, 11) is 0. The van der Waals surface area contributed by atoms with Crippen molar-refractivity contribution in [2.75, 3.05) is 13.2 Å². The molecular formula is C10H19NO. The maximum Gasteiger partial charge on any atom is 0.0999 e. The molecule has 0 aliphatic heterocycles. The average molecular weight is 169 g/mol. The van der Waals surface area contributed by atoms with Gasteiger partial charge < -0.3 is 10.5 Å². The van der Waals surface area contributed by atoms with Gasteiger partial charge in [0.1, 0.15) is 0 Å². The molecular weight excluding hydrogens is 150 g/mol. The van der Waals surface area contributed by atoms with Crippen LogP contribution in [0.5, 0.6) is 0 Å². The van der Waals surface area contributed by atoms with Crippen molar-refractivity contribution < 1.29 is 4.74 Å². The highest BCUT2D eigenvalue weighted by atomic mass is 16.5. The van der Waals surface area contributed by atoms with Crippen LogP contribution >= 0.6 is 0 Å². The van der Waals surface area contributed by atoms with E-state index in [-0.39, 0.29) is 0 Å². The van der Waals surface area contributed by atoms with Crippen LogP contribution in [-0.4, -0.2) is 13.2 Å². The Balaban J connectivity index is 0.000000561. The van der Waals surface area contributed by atoms with Gasteiger partial charge in [-0.15, -0.1) is 0 Å². The quantitative estimate of drug-likeness (QED) is 0.703. The number of ether oxygens (including phenoxy) is 1. The molecule has 1 aliphatic rings. The van der Waals surface area contributed by atoms with Gasteiger partial charge in [0.2, 0.25) is 0 Å². The first-order valence-corrected chi connectivity index (χ1v) is 4.62. The monoisotopic (exact) mass is 169 g/mol. The van der Waals surface area contributed by atoms with Crippen molar-refractivity contribution in [1.29, 1.82) is 0 Å². The fraction of sp³-hybridized carbons (Fsp3) is 0.600. The SMILES string of the molecule is CC.NCCOC1=CC=CCC1. The Morgan fingerprint density at radius 2 is 2.25 bits per heavy atom. The molecule has 0 atom stereocenters. The van der Waals surface area contributed by atoms with Crippen LogP contribution in [0.25, 0.3) is 0 Å². The van der Waals surface area contributed by atoms with Crippen LogP contribution < -0.4 is 5.73 Å². The summed E-state index contributed by atoms with van der Waals surface area (Å²) in [6.07, 6.45) is 8.27. The van der Waals surface area contributed by atoms with E-state index in [0.29, 0.717) is 13.2 Å². The Kier molecular flexibility index (Phi) is 7.81. The third-order valence-electron chi connectivity index (χ3n) is 1.38. The maximum atomic E-state index is 5.32. The van der Waals surface area contributed by atoms with Gasteiger partial charge in [-0.2, -0.15) is 0 Å². The Bertz CT molecular complexity index is 150. The Labute approximate surface area is 75.1 Å². The van der Waals surface area contributed by atoms with Crippen LogP contribution in [0.15, 0.2) is 24.0 Å². The second-order valence-electron chi connectivity index (χ2n) is 2.24. The van der Waals surface area contributed by atoms with Crippen molar-refractivity contribution >= 4 is 0 Å². The molecule has 0 unspecified atom stereocenters. The van der Waals surface area contributed by atoms with E-state index in [1.165, 1.54) is 0 Å². The fourth-order valence-electron chi connectivity index (χ4n) is 0.891. The zero-order valence-electron chi connectivity index (χ0n) is 8.05. The number of nitrogens with two attached hydrogens (primary N) is 1. The minimum atomic E-state index is 0.598. The smallest absolute Gasteiger partial charge is 0.0999 e. The van der Waals surface area contributed by atoms with E-state index in [1.54, 1.807) is 0 Å². The normalized spacial score (nSPS) is 14.4. The molecule has 0 saturated heterocycles. The largest absolute Gasteiger partial charge is 0.497 e. The summed E-state index contributed by atoms with van der Waals surface area (Å²) in [6.45, 7) is 5.24. The van der Waals surface area contributed by atoms with Crippen molar-refractivity contribution in [3.05, 3.63) is 24.0 Å². The highest BCUT2D eigenvalue weighted by molar-refractivity contribution is 5.12. The third-order valence-corrected chi connectivity index (χ3v) is 1.38. The summed E-state index contributed by atoms with van der Waals surface area (Å²) in [5.74, 6) is 1.06. The number of hydrogen-bond acceptors (Lipinski definition) is 2. The first-order chi connectivity index (χ1) is 5.93. The van der Waals surface area contributed by atoms with Gasteiger partial charge in [0.15, 0.2) is 0 Å². The van der Waals surface area contributed by atoms with Crippen molar-refractivity contribution in [3.8, 4) is 0 Å². The lowest BCUT2D eigenvalue weighted by molar-refractivity contribution is 0.210. The molecule has 0 heterocycles. The molecule has 0 fully saturated rings. The van der Waals surface area contributed by atoms with Crippen molar-refractivity contribution in [1.82, 2.24) is 0 Å². The molecule has 2 N–H and O–H groups in total. The lowest BCUT2D eigenvalue weighted by Gasteiger charge is -2.09. The van der Waals surface area contributed by atoms with Gasteiger partial charge in [0.25, 0.3) is 0 Å². The molecule has 0 radical (unpaired) electrons. The van der Waals surface area contributed by atoms with E-state index >= 15 is 0 Å². The molecule has 0 spiro atoms. The minimum absolute atomic E-state index is 0.598. The Morgan fingerprint density at radius 3 is 2.75 bits per heavy atom. The highest BCUT2D eigenvalue weighted by Crippen LogP contribution is 2.11. The molecule has 0 saturated carbocycles. The summed E-state index contributed by atoms with van der Waals surface area (Å²) in [5.41, 5.74) is 5.28. The van der Waals surface area contributed by atoms with E-state index < -0.39 is 0 Å². The maximum absolute atomic E-state index is 5.32. The van der Waals surface area contributed by atoms with Crippen LogP contribution in [0.2, 0.25) is 0 Å². The average Bonchev–Trinajstić information content (AvgIpc) is 2.19. The molecule has 0 bridgehead atoms. The van der Waals surface area contributed by atoms with E-state index in [4.69, 9.17) is 10.5 Å². The second-order valence-corrected chi connectivity index (χ2v) is 2.24. The molecule has 1 rings (SSSR count). The van der Waals surface area contributed by atoms with Gasteiger partial charge in [-0.25, -0.2) is 0 Å². The van der Waals surface area contributed by atoms with Crippen LogP contribution in [-0.2, 0) is 4.74 Å². The van der Waals surface area contributed by atoms with Gasteiger partial charge >= 0.3 is 0 Å². The summed E-state index contributed by atoms with van der Waals surface area (Å²) in [4.78, 5) is 0. The summed E-state index contributed by atoms with van der Waals surface area (Å²) < 4.78 is 5.32. The highest BCUT2D eigenvalue weighted by Gasteiger charge is 1.97. The predicted octanol–water partition coefficient (Wildman–Crippen LogP) is 2.22. The van der Waals surface area contributed by atoms with Crippen LogP contribution in [0.1, 0.15) is 26.7 Å². The fourth-order valence-corrected chi connectivity index (χ4v) is 0.891. The zero-order chi connectivity index (χ0) is 9.23. The van der Waals surface area contributed by atoms with E-state index in [1.807, 2.05) is 26.0 Å². The molecule has 70 valence electrons. The molecule has 0 amide bonds. The molecule has 0 aromatic heterocycles. The van der Waals surface area contributed by atoms with Gasteiger partial charge in [-0.3, -0.25) is 0 Å². The minimum Gasteiger partial charge on any atom is -0.497 e. The Morgan fingerprint density at radius 1 is 1.50 bits per heavy atom. The predicted molar refractivity (Wildman–Crippen MR) is 52.8 cm³/mol. The van der Waals surface area contributed by atoms with Crippen molar-refractivity contribution in [2.24, 2.45) is 5.73 Å². The molecule has 1 aliphatic carbocycles. The molecule has 2 heteroatoms. The van der Waals surface area contributed by atoms with Gasteiger partial charge in [0, 0.05) is 13.0 Å². The zero-order valence-corrected chi connectivity index (χ0v) is 8.05. The third kappa shape index (κ3) is 4.97. The van der Waals surface area contributed by atoms with Crippen molar-refractivity contribution in [3.63, 3.8) is 0 Å². The molecule has 0 aromatic carbocycles. The van der Waals surface area contributed by atoms with E-state index in [2.05, 4.69) is 6.08 Å². The lowest BCUT2D eigenvalue weighted by atomic mass is 10.2. The van der Waals surface area contributed by atoms with Gasteiger partial charge in [-0.1, -0.05) is 26.0 Å². The van der Waals surface area contributed by atoms with Crippen LogP contribution in [0, 0.1) is 0 Å². The standard InChI is InChI=1S/C8H13NO.C2H6/c9-6-7-10-8-4-2-1-3-5-8;1-2/h1-2,4H,3,5-7,9H2;1-2H3. The number of rotatable bonds is 3. The molecule has 0 aromatic rings. The second kappa shape index (κ2) is 8.34. The summed E-state index contributed by atoms with van der Waals surface area (Å²) >= 11 is 0. The lowest BCUT2D eigenvalue weighted by Crippen LogP contribution is -2.08. The van der Waals surface area contributed by atoms with Crippen molar-refractivity contribution in [2.45, 2.75) is 26.7 Å². The number of allylic oxidation sites excluding steroid dienone is 4. The summed E-state index contributed by atoms with van der Waals surface area (Å²) in [6, 6.07) is 0. The van der Waals surface area contributed by atoms with Gasteiger partial charge in [-0.05, 0) is 12.5 Å². The van der Waals surface area contributed by atoms with Crippen LogP contribution in [0.3, 0.4) is 0 Å². The topological polar surface area (TPSA) is 35.2 Å². The van der Waals surface area contributed by atoms with E-state index in [9.17, 15) is 0 Å². The first kappa shape index (κ1) is 11.2.